The Hall–Kier alpha value is -1.31. The number of hydrogen-bond acceptors (Lipinski definition) is 2. The van der Waals surface area contributed by atoms with Gasteiger partial charge in [0.25, 0.3) is 0 Å². The summed E-state index contributed by atoms with van der Waals surface area (Å²) < 4.78 is 0. The molecule has 0 bridgehead atoms. The summed E-state index contributed by atoms with van der Waals surface area (Å²) in [6.45, 7) is 3.55. The van der Waals surface area contributed by atoms with Gasteiger partial charge in [0.05, 0.1) is 0 Å². The van der Waals surface area contributed by atoms with Crippen molar-refractivity contribution in [2.75, 3.05) is 0 Å². The van der Waals surface area contributed by atoms with Crippen LogP contribution in [0.4, 0.5) is 0 Å². The Morgan fingerprint density at radius 3 is 2.62 bits per heavy atom. The fraction of sp³-hybridized carbons (Fsp3) is 0.364. The van der Waals surface area contributed by atoms with Crippen LogP contribution in [0.5, 0.6) is 5.75 Å². The maximum atomic E-state index is 10.8. The summed E-state index contributed by atoms with van der Waals surface area (Å²) in [6, 6.07) is 5.48. The van der Waals surface area contributed by atoms with Crippen LogP contribution in [0, 0.1) is 0 Å². The smallest absolute Gasteiger partial charge is 0.134 e. The molecule has 2 heteroatoms. The van der Waals surface area contributed by atoms with Crippen LogP contribution < -0.4 is 0 Å². The highest BCUT2D eigenvalue weighted by molar-refractivity contribution is 5.78. The summed E-state index contributed by atoms with van der Waals surface area (Å²) >= 11 is 0. The zero-order valence-electron chi connectivity index (χ0n) is 8.00. The predicted octanol–water partition coefficient (Wildman–Crippen LogP) is 2.09. The number of aryl methyl sites for hydroxylation is 1. The van der Waals surface area contributed by atoms with Crippen molar-refractivity contribution < 1.29 is 9.90 Å². The first-order chi connectivity index (χ1) is 6.13. The number of carbonyl (C=O) groups excluding carboxylic acids is 1. The maximum absolute atomic E-state index is 10.8. The van der Waals surface area contributed by atoms with Crippen molar-refractivity contribution in [2.45, 2.75) is 26.7 Å². The topological polar surface area (TPSA) is 37.3 Å². The van der Waals surface area contributed by atoms with Crippen molar-refractivity contribution >= 4 is 5.78 Å². The van der Waals surface area contributed by atoms with E-state index in [1.165, 1.54) is 6.92 Å². The molecule has 0 unspecified atom stereocenters. The molecule has 0 aromatic heterocycles. The lowest BCUT2D eigenvalue weighted by Gasteiger charge is -2.03. The van der Waals surface area contributed by atoms with Crippen LogP contribution in [0.2, 0.25) is 0 Å². The molecule has 70 valence electrons. The van der Waals surface area contributed by atoms with E-state index in [4.69, 9.17) is 0 Å². The molecule has 1 aromatic carbocycles. The quantitative estimate of drug-likeness (QED) is 0.769. The predicted molar refractivity (Wildman–Crippen MR) is 51.9 cm³/mol. The number of benzene rings is 1. The van der Waals surface area contributed by atoms with Gasteiger partial charge in [0.15, 0.2) is 0 Å². The molecule has 0 saturated carbocycles. The molecule has 0 spiro atoms. The van der Waals surface area contributed by atoms with Crippen molar-refractivity contribution in [1.29, 1.82) is 0 Å². The Labute approximate surface area is 78.2 Å². The van der Waals surface area contributed by atoms with Gasteiger partial charge in [-0.3, -0.25) is 4.79 Å². The molecular weight excluding hydrogens is 164 g/mol. The van der Waals surface area contributed by atoms with Crippen LogP contribution >= 0.6 is 0 Å². The van der Waals surface area contributed by atoms with E-state index >= 15 is 0 Å². The minimum atomic E-state index is 0.0690. The average Bonchev–Trinajstić information content (AvgIpc) is 2.08. The number of Topliss-reactive ketones (excluding diaryl/α,β-unsaturated/α-hetero) is 1. The van der Waals surface area contributed by atoms with Crippen LogP contribution in [-0.2, 0) is 17.6 Å². The number of phenols is 1. The van der Waals surface area contributed by atoms with E-state index in [1.54, 1.807) is 6.07 Å². The lowest BCUT2D eigenvalue weighted by Crippen LogP contribution is -1.96. The molecule has 0 aliphatic carbocycles. The molecule has 0 aliphatic heterocycles. The average molecular weight is 178 g/mol. The monoisotopic (exact) mass is 178 g/mol. The van der Waals surface area contributed by atoms with Crippen molar-refractivity contribution in [3.05, 3.63) is 29.3 Å². The molecular formula is C11H14O2. The van der Waals surface area contributed by atoms with Gasteiger partial charge in [-0.1, -0.05) is 19.1 Å². The highest BCUT2D eigenvalue weighted by Crippen LogP contribution is 2.19. The Kier molecular flexibility index (Phi) is 3.07. The third-order valence-corrected chi connectivity index (χ3v) is 2.00. The van der Waals surface area contributed by atoms with E-state index in [0.717, 1.165) is 12.0 Å². The van der Waals surface area contributed by atoms with Gasteiger partial charge in [0.1, 0.15) is 11.5 Å². The van der Waals surface area contributed by atoms with Crippen molar-refractivity contribution in [3.63, 3.8) is 0 Å². The van der Waals surface area contributed by atoms with Crippen LogP contribution in [0.15, 0.2) is 18.2 Å². The number of rotatable bonds is 3. The van der Waals surface area contributed by atoms with E-state index in [1.807, 2.05) is 19.1 Å². The van der Waals surface area contributed by atoms with Crippen molar-refractivity contribution in [3.8, 4) is 5.75 Å². The summed E-state index contributed by atoms with van der Waals surface area (Å²) in [5.74, 6) is 0.300. The van der Waals surface area contributed by atoms with E-state index in [0.29, 0.717) is 12.0 Å². The Balaban J connectivity index is 2.91. The van der Waals surface area contributed by atoms with Gasteiger partial charge < -0.3 is 5.11 Å². The van der Waals surface area contributed by atoms with Gasteiger partial charge in [-0.05, 0) is 25.0 Å². The lowest BCUT2D eigenvalue weighted by molar-refractivity contribution is -0.116. The van der Waals surface area contributed by atoms with Crippen LogP contribution in [0.1, 0.15) is 25.0 Å². The molecule has 0 atom stereocenters. The van der Waals surface area contributed by atoms with Crippen LogP contribution in [0.3, 0.4) is 0 Å². The number of carbonyl (C=O) groups is 1. The first kappa shape index (κ1) is 9.78. The van der Waals surface area contributed by atoms with Gasteiger partial charge in [0.2, 0.25) is 0 Å². The second-order valence-corrected chi connectivity index (χ2v) is 3.20. The lowest BCUT2D eigenvalue weighted by atomic mass is 10.0. The SMILES string of the molecule is CCc1ccc(CC(C)=O)c(O)c1. The summed E-state index contributed by atoms with van der Waals surface area (Å²) in [6.07, 6.45) is 1.21. The van der Waals surface area contributed by atoms with Gasteiger partial charge in [0, 0.05) is 12.0 Å². The fourth-order valence-electron chi connectivity index (χ4n) is 1.25. The van der Waals surface area contributed by atoms with Gasteiger partial charge in [-0.25, -0.2) is 0 Å². The van der Waals surface area contributed by atoms with Crippen LogP contribution in [0.25, 0.3) is 0 Å². The number of phenolic OH excluding ortho intramolecular Hbond substituents is 1. The highest BCUT2D eigenvalue weighted by atomic mass is 16.3. The summed E-state index contributed by atoms with van der Waals surface area (Å²) in [7, 11) is 0. The molecule has 0 amide bonds. The van der Waals surface area contributed by atoms with E-state index < -0.39 is 0 Å². The first-order valence-electron chi connectivity index (χ1n) is 4.43. The zero-order valence-corrected chi connectivity index (χ0v) is 8.00. The molecule has 2 nitrogen and oxygen atoms in total. The fourth-order valence-corrected chi connectivity index (χ4v) is 1.25. The van der Waals surface area contributed by atoms with E-state index in [2.05, 4.69) is 0 Å². The van der Waals surface area contributed by atoms with E-state index in [-0.39, 0.29) is 11.5 Å². The number of aromatic hydroxyl groups is 1. The molecule has 0 saturated heterocycles. The maximum Gasteiger partial charge on any atom is 0.134 e. The van der Waals surface area contributed by atoms with Gasteiger partial charge >= 0.3 is 0 Å². The molecule has 0 fully saturated rings. The largest absolute Gasteiger partial charge is 0.508 e. The third-order valence-electron chi connectivity index (χ3n) is 2.00. The molecule has 0 radical (unpaired) electrons. The van der Waals surface area contributed by atoms with Crippen LogP contribution in [-0.4, -0.2) is 10.9 Å². The molecule has 0 aliphatic rings. The zero-order chi connectivity index (χ0) is 9.84. The Morgan fingerprint density at radius 1 is 1.46 bits per heavy atom. The minimum absolute atomic E-state index is 0.0690. The molecule has 0 heterocycles. The Bertz CT molecular complexity index is 316. The number of hydrogen-bond donors (Lipinski definition) is 1. The molecule has 1 rings (SSSR count). The summed E-state index contributed by atoms with van der Waals surface area (Å²) in [5.41, 5.74) is 1.80. The minimum Gasteiger partial charge on any atom is -0.508 e. The highest BCUT2D eigenvalue weighted by Gasteiger charge is 2.03. The third kappa shape index (κ3) is 2.58. The second kappa shape index (κ2) is 4.08. The summed E-state index contributed by atoms with van der Waals surface area (Å²) in [4.78, 5) is 10.8. The van der Waals surface area contributed by atoms with Crippen molar-refractivity contribution in [1.82, 2.24) is 0 Å². The van der Waals surface area contributed by atoms with E-state index in [9.17, 15) is 9.90 Å². The first-order valence-corrected chi connectivity index (χ1v) is 4.43. The van der Waals surface area contributed by atoms with Crippen molar-refractivity contribution in [2.24, 2.45) is 0 Å². The summed E-state index contributed by atoms with van der Waals surface area (Å²) in [5, 5.41) is 9.52. The Morgan fingerprint density at radius 2 is 2.15 bits per heavy atom. The normalized spacial score (nSPS) is 10.0. The molecule has 13 heavy (non-hydrogen) atoms. The standard InChI is InChI=1S/C11H14O2/c1-3-9-4-5-10(6-8(2)12)11(13)7-9/h4-5,7,13H,3,6H2,1-2H3. The van der Waals surface area contributed by atoms with Gasteiger partial charge in [-0.15, -0.1) is 0 Å². The van der Waals surface area contributed by atoms with Gasteiger partial charge in [-0.2, -0.15) is 0 Å². The molecule has 1 aromatic rings. The number of ketones is 1. The second-order valence-electron chi connectivity index (χ2n) is 3.20. The molecule has 1 N–H and O–H groups in total.